The molecule has 3 heteroatoms. The Balaban J connectivity index is 1.99. The molecule has 1 aliphatic rings. The van der Waals surface area contributed by atoms with Crippen LogP contribution in [0.1, 0.15) is 27.6 Å². The second-order valence-electron chi connectivity index (χ2n) is 4.89. The molecule has 0 spiro atoms. The van der Waals surface area contributed by atoms with E-state index >= 15 is 0 Å². The van der Waals surface area contributed by atoms with Crippen LogP contribution in [0.3, 0.4) is 0 Å². The van der Waals surface area contributed by atoms with Crippen molar-refractivity contribution in [1.82, 2.24) is 0 Å². The molecule has 20 heavy (non-hydrogen) atoms. The third kappa shape index (κ3) is 2.01. The van der Waals surface area contributed by atoms with Crippen LogP contribution in [-0.4, -0.2) is 17.7 Å². The zero-order valence-electron chi connectivity index (χ0n) is 11.1. The van der Waals surface area contributed by atoms with Gasteiger partial charge in [-0.2, -0.15) is 0 Å². The molecular weight excluding hydrogens is 252 g/mol. The van der Waals surface area contributed by atoms with E-state index in [2.05, 4.69) is 0 Å². The van der Waals surface area contributed by atoms with Crippen LogP contribution >= 0.6 is 0 Å². The highest BCUT2D eigenvalue weighted by atomic mass is 16.5. The van der Waals surface area contributed by atoms with Gasteiger partial charge in [0.15, 0.2) is 11.6 Å². The van der Waals surface area contributed by atoms with Gasteiger partial charge in [-0.25, -0.2) is 0 Å². The molecule has 0 radical (unpaired) electrons. The minimum Gasteiger partial charge on any atom is -0.489 e. The maximum atomic E-state index is 12.5. The van der Waals surface area contributed by atoms with Gasteiger partial charge in [0.2, 0.25) is 0 Å². The Morgan fingerprint density at radius 2 is 1.65 bits per heavy atom. The van der Waals surface area contributed by atoms with Crippen molar-refractivity contribution < 1.29 is 14.3 Å². The molecule has 0 saturated carbocycles. The summed E-state index contributed by atoms with van der Waals surface area (Å²) >= 11 is 0. The topological polar surface area (TPSA) is 43.4 Å². The highest BCUT2D eigenvalue weighted by Gasteiger charge is 2.39. The second-order valence-corrected chi connectivity index (χ2v) is 4.89. The first-order chi connectivity index (χ1) is 9.68. The standard InChI is InChI=1S/C17H14O3/c1-11-15(16(18)12-7-3-2-4-8-12)17(19)13-9-5-6-10-14(13)20-11/h2-11,15H,1H3/t11-,15+/m1/s1. The van der Waals surface area contributed by atoms with E-state index in [9.17, 15) is 9.59 Å². The molecule has 2 atom stereocenters. The van der Waals surface area contributed by atoms with Crippen molar-refractivity contribution in [2.75, 3.05) is 0 Å². The van der Waals surface area contributed by atoms with Crippen LogP contribution in [0, 0.1) is 5.92 Å². The van der Waals surface area contributed by atoms with Crippen LogP contribution in [-0.2, 0) is 0 Å². The Labute approximate surface area is 117 Å². The average Bonchev–Trinajstić information content (AvgIpc) is 2.48. The summed E-state index contributed by atoms with van der Waals surface area (Å²) in [4.78, 5) is 25.1. The zero-order chi connectivity index (χ0) is 14.1. The number of hydrogen-bond donors (Lipinski definition) is 0. The van der Waals surface area contributed by atoms with Crippen LogP contribution < -0.4 is 4.74 Å². The summed E-state index contributed by atoms with van der Waals surface area (Å²) in [5.41, 5.74) is 1.03. The van der Waals surface area contributed by atoms with E-state index in [4.69, 9.17) is 4.74 Å². The van der Waals surface area contributed by atoms with Crippen molar-refractivity contribution >= 4 is 11.6 Å². The summed E-state index contributed by atoms with van der Waals surface area (Å²) in [7, 11) is 0. The Hall–Kier alpha value is -2.42. The van der Waals surface area contributed by atoms with E-state index in [1.807, 2.05) is 12.1 Å². The Bertz CT molecular complexity index is 661. The first kappa shape index (κ1) is 12.6. The van der Waals surface area contributed by atoms with E-state index in [-0.39, 0.29) is 11.6 Å². The highest BCUT2D eigenvalue weighted by Crippen LogP contribution is 2.32. The van der Waals surface area contributed by atoms with Gasteiger partial charge in [0, 0.05) is 5.56 Å². The maximum Gasteiger partial charge on any atom is 0.181 e. The maximum absolute atomic E-state index is 12.5. The Morgan fingerprint density at radius 1 is 1.00 bits per heavy atom. The van der Waals surface area contributed by atoms with Gasteiger partial charge in [-0.15, -0.1) is 0 Å². The summed E-state index contributed by atoms with van der Waals surface area (Å²) in [5.74, 6) is -0.555. The number of fused-ring (bicyclic) bond motifs is 1. The van der Waals surface area contributed by atoms with Crippen LogP contribution in [0.4, 0.5) is 0 Å². The van der Waals surface area contributed by atoms with Crippen LogP contribution in [0.5, 0.6) is 5.75 Å². The van der Waals surface area contributed by atoms with Gasteiger partial charge in [-0.05, 0) is 19.1 Å². The summed E-state index contributed by atoms with van der Waals surface area (Å²) in [6.07, 6.45) is -0.454. The van der Waals surface area contributed by atoms with E-state index in [1.165, 1.54) is 0 Å². The van der Waals surface area contributed by atoms with Crippen molar-refractivity contribution in [3.05, 3.63) is 65.7 Å². The quantitative estimate of drug-likeness (QED) is 0.619. The van der Waals surface area contributed by atoms with Crippen molar-refractivity contribution in [1.29, 1.82) is 0 Å². The number of para-hydroxylation sites is 1. The summed E-state index contributed by atoms with van der Waals surface area (Å²) in [6, 6.07) is 15.9. The van der Waals surface area contributed by atoms with Crippen molar-refractivity contribution in [2.45, 2.75) is 13.0 Å². The average molecular weight is 266 g/mol. The molecule has 3 nitrogen and oxygen atoms in total. The number of rotatable bonds is 2. The lowest BCUT2D eigenvalue weighted by Crippen LogP contribution is -2.40. The van der Waals surface area contributed by atoms with E-state index in [1.54, 1.807) is 49.4 Å². The summed E-state index contributed by atoms with van der Waals surface area (Å²) in [6.45, 7) is 1.76. The molecule has 2 aromatic carbocycles. The fraction of sp³-hybridized carbons (Fsp3) is 0.176. The molecule has 0 bridgehead atoms. The molecule has 0 unspecified atom stereocenters. The van der Waals surface area contributed by atoms with Crippen molar-refractivity contribution in [2.24, 2.45) is 5.92 Å². The Kier molecular flexibility index (Phi) is 3.11. The smallest absolute Gasteiger partial charge is 0.181 e. The largest absolute Gasteiger partial charge is 0.489 e. The second kappa shape index (κ2) is 4.93. The number of hydrogen-bond acceptors (Lipinski definition) is 3. The first-order valence-electron chi connectivity index (χ1n) is 6.57. The number of carbonyl (C=O) groups excluding carboxylic acids is 2. The molecule has 2 aromatic rings. The number of benzene rings is 2. The number of ether oxygens (including phenoxy) is 1. The van der Waals surface area contributed by atoms with Crippen molar-refractivity contribution in [3.63, 3.8) is 0 Å². The normalized spacial score (nSPS) is 20.9. The van der Waals surface area contributed by atoms with Gasteiger partial charge < -0.3 is 4.74 Å². The molecule has 1 aliphatic heterocycles. The van der Waals surface area contributed by atoms with Gasteiger partial charge in [0.05, 0.1) is 5.56 Å². The van der Waals surface area contributed by atoms with Crippen molar-refractivity contribution in [3.8, 4) is 5.75 Å². The summed E-state index contributed by atoms with van der Waals surface area (Å²) in [5, 5.41) is 0. The fourth-order valence-electron chi connectivity index (χ4n) is 2.54. The monoisotopic (exact) mass is 266 g/mol. The molecule has 0 aromatic heterocycles. The minimum absolute atomic E-state index is 0.159. The van der Waals surface area contributed by atoms with Gasteiger partial charge in [0.25, 0.3) is 0 Å². The number of carbonyl (C=O) groups is 2. The van der Waals surface area contributed by atoms with E-state index in [0.717, 1.165) is 0 Å². The highest BCUT2D eigenvalue weighted by molar-refractivity contribution is 6.18. The Morgan fingerprint density at radius 3 is 2.40 bits per heavy atom. The summed E-state index contributed by atoms with van der Waals surface area (Å²) < 4.78 is 5.72. The first-order valence-corrected chi connectivity index (χ1v) is 6.57. The lowest BCUT2D eigenvalue weighted by atomic mass is 9.84. The van der Waals surface area contributed by atoms with Crippen LogP contribution in [0.25, 0.3) is 0 Å². The van der Waals surface area contributed by atoms with E-state index < -0.39 is 12.0 Å². The molecule has 0 fully saturated rings. The molecule has 0 aliphatic carbocycles. The van der Waals surface area contributed by atoms with Gasteiger partial charge >= 0.3 is 0 Å². The third-order valence-corrected chi connectivity index (χ3v) is 3.56. The lowest BCUT2D eigenvalue weighted by Gasteiger charge is -2.29. The third-order valence-electron chi connectivity index (χ3n) is 3.56. The molecule has 0 N–H and O–H groups in total. The molecule has 0 amide bonds. The van der Waals surface area contributed by atoms with Gasteiger partial charge in [-0.1, -0.05) is 42.5 Å². The van der Waals surface area contributed by atoms with Crippen LogP contribution in [0.15, 0.2) is 54.6 Å². The molecular formula is C17H14O3. The molecule has 100 valence electrons. The predicted octanol–water partition coefficient (Wildman–Crippen LogP) is 3.15. The predicted molar refractivity (Wildman–Crippen MR) is 75.1 cm³/mol. The van der Waals surface area contributed by atoms with Gasteiger partial charge in [0.1, 0.15) is 17.8 Å². The molecule has 0 saturated heterocycles. The molecule has 3 rings (SSSR count). The lowest BCUT2D eigenvalue weighted by molar-refractivity contribution is 0.0606. The van der Waals surface area contributed by atoms with Gasteiger partial charge in [-0.3, -0.25) is 9.59 Å². The number of Topliss-reactive ketones (excluding diaryl/α,β-unsaturated/α-hetero) is 2. The SMILES string of the molecule is C[C@H]1Oc2ccccc2C(=O)[C@@H]1C(=O)c1ccccc1. The fourth-order valence-corrected chi connectivity index (χ4v) is 2.54. The van der Waals surface area contributed by atoms with E-state index in [0.29, 0.717) is 16.9 Å². The molecule has 1 heterocycles. The number of ketones is 2. The van der Waals surface area contributed by atoms with Crippen LogP contribution in [0.2, 0.25) is 0 Å². The zero-order valence-corrected chi connectivity index (χ0v) is 11.1. The minimum atomic E-state index is -0.771.